The van der Waals surface area contributed by atoms with Crippen molar-refractivity contribution in [2.45, 2.75) is 6.92 Å². The molecule has 2 aromatic carbocycles. The second-order valence-corrected chi connectivity index (χ2v) is 8.52. The van der Waals surface area contributed by atoms with Crippen LogP contribution in [0.4, 0.5) is 5.82 Å². The summed E-state index contributed by atoms with van der Waals surface area (Å²) >= 11 is 13.4. The Hall–Kier alpha value is -3.01. The van der Waals surface area contributed by atoms with E-state index in [0.717, 1.165) is 15.9 Å². The molecule has 0 unspecified atom stereocenters. The number of nitrogens with one attached hydrogen (secondary N) is 1. The summed E-state index contributed by atoms with van der Waals surface area (Å²) in [6, 6.07) is 10.3. The third-order valence-corrected chi connectivity index (χ3v) is 5.93. The van der Waals surface area contributed by atoms with Gasteiger partial charge in [0.25, 0.3) is 5.91 Å². The van der Waals surface area contributed by atoms with E-state index in [1.807, 2.05) is 19.1 Å². The first-order chi connectivity index (χ1) is 15.0. The van der Waals surface area contributed by atoms with E-state index in [2.05, 4.69) is 15.4 Å². The molecule has 0 radical (unpaired) electrons. The highest BCUT2D eigenvalue weighted by atomic mass is 35.5. The monoisotopic (exact) mass is 476 g/mol. The quantitative estimate of drug-likeness (QED) is 0.443. The van der Waals surface area contributed by atoms with Crippen molar-refractivity contribution in [3.63, 3.8) is 0 Å². The van der Waals surface area contributed by atoms with Gasteiger partial charge in [0.05, 0.1) is 20.9 Å². The molecular formula is C20H14Cl2N4O4S. The molecule has 158 valence electrons. The highest BCUT2D eigenvalue weighted by molar-refractivity contribution is 7.20. The molecule has 1 aliphatic heterocycles. The molecule has 0 saturated heterocycles. The van der Waals surface area contributed by atoms with E-state index < -0.39 is 0 Å². The highest BCUT2D eigenvalue weighted by Gasteiger charge is 2.19. The van der Waals surface area contributed by atoms with Crippen LogP contribution in [0.5, 0.6) is 17.2 Å². The number of carbonyl (C=O) groups is 1. The molecule has 1 N–H and O–H groups in total. The highest BCUT2D eigenvalue weighted by Crippen LogP contribution is 2.39. The molecule has 1 amide bonds. The van der Waals surface area contributed by atoms with Gasteiger partial charge in [-0.3, -0.25) is 4.79 Å². The smallest absolute Gasteiger partial charge is 0.263 e. The molecule has 2 aromatic heterocycles. The SMILES string of the molecule is Cc1cc(NC(=O)COc2ccc(Cl)cc2Cl)n(-c2nc3cc4c(cc3s2)OCO4)n1. The first-order valence-electron chi connectivity index (χ1n) is 9.11. The molecule has 3 heterocycles. The van der Waals surface area contributed by atoms with Crippen molar-refractivity contribution in [1.29, 1.82) is 0 Å². The minimum atomic E-state index is -0.367. The van der Waals surface area contributed by atoms with Gasteiger partial charge in [0.1, 0.15) is 11.6 Å². The van der Waals surface area contributed by atoms with Gasteiger partial charge in [-0.1, -0.05) is 34.5 Å². The Labute approximate surface area is 190 Å². The van der Waals surface area contributed by atoms with E-state index in [-0.39, 0.29) is 19.3 Å². The fraction of sp³-hybridized carbons (Fsp3) is 0.150. The lowest BCUT2D eigenvalue weighted by molar-refractivity contribution is -0.118. The van der Waals surface area contributed by atoms with Crippen molar-refractivity contribution < 1.29 is 19.0 Å². The molecule has 0 atom stereocenters. The van der Waals surface area contributed by atoms with Crippen molar-refractivity contribution >= 4 is 56.5 Å². The fourth-order valence-corrected chi connectivity index (χ4v) is 4.45. The molecule has 0 saturated carbocycles. The summed E-state index contributed by atoms with van der Waals surface area (Å²) in [5.41, 5.74) is 1.49. The van der Waals surface area contributed by atoms with E-state index in [4.69, 9.17) is 37.4 Å². The standard InChI is InChI=1S/C20H14Cl2N4O4S/c1-10-4-18(24-19(27)8-28-14-3-2-11(21)5-12(14)22)26(25-10)20-23-13-6-15-16(30-9-29-15)7-17(13)31-20/h2-7H,8-9H2,1H3,(H,24,27). The molecule has 0 aliphatic carbocycles. The molecule has 0 fully saturated rings. The molecule has 4 aromatic rings. The van der Waals surface area contributed by atoms with E-state index in [0.29, 0.717) is 38.2 Å². The number of thiazole rings is 1. The first-order valence-corrected chi connectivity index (χ1v) is 10.7. The van der Waals surface area contributed by atoms with Crippen LogP contribution in [-0.2, 0) is 4.79 Å². The van der Waals surface area contributed by atoms with E-state index in [1.165, 1.54) is 11.3 Å². The lowest BCUT2D eigenvalue weighted by Crippen LogP contribution is -2.22. The summed E-state index contributed by atoms with van der Waals surface area (Å²) in [6.07, 6.45) is 0. The average Bonchev–Trinajstić information content (AvgIpc) is 3.42. The minimum Gasteiger partial charge on any atom is -0.482 e. The van der Waals surface area contributed by atoms with Gasteiger partial charge in [-0.05, 0) is 25.1 Å². The molecule has 0 bridgehead atoms. The Bertz CT molecular complexity index is 1280. The number of aromatic nitrogens is 3. The topological polar surface area (TPSA) is 87.5 Å². The Balaban J connectivity index is 1.35. The van der Waals surface area contributed by atoms with E-state index in [9.17, 15) is 4.79 Å². The number of anilines is 1. The lowest BCUT2D eigenvalue weighted by Gasteiger charge is -2.09. The zero-order valence-electron chi connectivity index (χ0n) is 16.0. The Morgan fingerprint density at radius 3 is 2.84 bits per heavy atom. The largest absolute Gasteiger partial charge is 0.482 e. The number of ether oxygens (including phenoxy) is 3. The summed E-state index contributed by atoms with van der Waals surface area (Å²) < 4.78 is 18.8. The van der Waals surface area contributed by atoms with Crippen molar-refractivity contribution in [1.82, 2.24) is 14.8 Å². The van der Waals surface area contributed by atoms with Crippen LogP contribution in [-0.4, -0.2) is 34.1 Å². The number of aryl methyl sites for hydroxylation is 1. The predicted octanol–water partition coefficient (Wildman–Crippen LogP) is 4.84. The molecule has 5 rings (SSSR count). The lowest BCUT2D eigenvalue weighted by atomic mass is 10.3. The number of halogens is 2. The van der Waals surface area contributed by atoms with Crippen molar-refractivity contribution in [2.75, 3.05) is 18.7 Å². The van der Waals surface area contributed by atoms with Crippen LogP contribution in [0.3, 0.4) is 0 Å². The maximum Gasteiger partial charge on any atom is 0.263 e. The fourth-order valence-electron chi connectivity index (χ4n) is 3.05. The van der Waals surface area contributed by atoms with Crippen molar-refractivity contribution in [3.8, 4) is 22.4 Å². The molecule has 31 heavy (non-hydrogen) atoms. The number of amides is 1. The Morgan fingerprint density at radius 2 is 2.03 bits per heavy atom. The molecule has 8 nitrogen and oxygen atoms in total. The average molecular weight is 477 g/mol. The third-order valence-electron chi connectivity index (χ3n) is 4.40. The summed E-state index contributed by atoms with van der Waals surface area (Å²) in [5, 5.41) is 8.68. The summed E-state index contributed by atoms with van der Waals surface area (Å²) in [4.78, 5) is 17.1. The second-order valence-electron chi connectivity index (χ2n) is 6.66. The van der Waals surface area contributed by atoms with Crippen LogP contribution >= 0.6 is 34.5 Å². The Morgan fingerprint density at radius 1 is 1.23 bits per heavy atom. The van der Waals surface area contributed by atoms with Crippen LogP contribution in [0, 0.1) is 6.92 Å². The van der Waals surface area contributed by atoms with E-state index >= 15 is 0 Å². The van der Waals surface area contributed by atoms with Gasteiger partial charge in [0.2, 0.25) is 11.9 Å². The van der Waals surface area contributed by atoms with Gasteiger partial charge in [-0.15, -0.1) is 0 Å². The third kappa shape index (κ3) is 3.99. The summed E-state index contributed by atoms with van der Waals surface area (Å²) in [7, 11) is 0. The van der Waals surface area contributed by atoms with Gasteiger partial charge >= 0.3 is 0 Å². The number of carbonyl (C=O) groups excluding carboxylic acids is 1. The molecule has 11 heteroatoms. The number of nitrogens with zero attached hydrogens (tertiary/aromatic N) is 3. The zero-order valence-corrected chi connectivity index (χ0v) is 18.3. The zero-order chi connectivity index (χ0) is 21.5. The molecule has 1 aliphatic rings. The van der Waals surface area contributed by atoms with Crippen LogP contribution in [0.1, 0.15) is 5.69 Å². The maximum atomic E-state index is 12.5. The van der Waals surface area contributed by atoms with Crippen LogP contribution in [0.15, 0.2) is 36.4 Å². The second kappa shape index (κ2) is 7.92. The van der Waals surface area contributed by atoms with Gasteiger partial charge in [0, 0.05) is 23.2 Å². The van der Waals surface area contributed by atoms with Crippen LogP contribution < -0.4 is 19.5 Å². The molecule has 0 spiro atoms. The van der Waals surface area contributed by atoms with Crippen molar-refractivity contribution in [2.24, 2.45) is 0 Å². The normalized spacial score (nSPS) is 12.4. The van der Waals surface area contributed by atoms with Crippen LogP contribution in [0.2, 0.25) is 10.0 Å². The predicted molar refractivity (Wildman–Crippen MR) is 118 cm³/mol. The van der Waals surface area contributed by atoms with Gasteiger partial charge < -0.3 is 19.5 Å². The number of rotatable bonds is 5. The Kier molecular flexibility index (Phi) is 5.09. The summed E-state index contributed by atoms with van der Waals surface area (Å²) in [6.45, 7) is 1.81. The van der Waals surface area contributed by atoms with Gasteiger partial charge in [0.15, 0.2) is 18.1 Å². The number of hydrogen-bond donors (Lipinski definition) is 1. The van der Waals surface area contributed by atoms with E-state index in [1.54, 1.807) is 28.9 Å². The van der Waals surface area contributed by atoms with Crippen molar-refractivity contribution in [3.05, 3.63) is 52.1 Å². The number of benzene rings is 2. The van der Waals surface area contributed by atoms with Gasteiger partial charge in [-0.2, -0.15) is 9.78 Å². The maximum absolute atomic E-state index is 12.5. The molecular weight excluding hydrogens is 463 g/mol. The van der Waals surface area contributed by atoms with Crippen LogP contribution in [0.25, 0.3) is 15.3 Å². The number of fused-ring (bicyclic) bond motifs is 2. The first kappa shape index (κ1) is 19.9. The van der Waals surface area contributed by atoms with Gasteiger partial charge in [-0.25, -0.2) is 4.98 Å². The number of hydrogen-bond acceptors (Lipinski definition) is 7. The summed E-state index contributed by atoms with van der Waals surface area (Å²) in [5.74, 6) is 1.83. The minimum absolute atomic E-state index is 0.206.